The largest absolute Gasteiger partial charge is 0.334 e. The van der Waals surface area contributed by atoms with Crippen molar-refractivity contribution in [3.05, 3.63) is 35.1 Å². The lowest BCUT2D eigenvalue weighted by atomic mass is 9.66. The monoisotopic (exact) mass is 306 g/mol. The summed E-state index contributed by atoms with van der Waals surface area (Å²) in [5.74, 6) is -0.336. The molecule has 1 saturated heterocycles. The highest BCUT2D eigenvalue weighted by Crippen LogP contribution is 2.47. The Bertz CT molecular complexity index is 573. The van der Waals surface area contributed by atoms with Gasteiger partial charge in [0.05, 0.1) is 0 Å². The molecule has 1 spiro atoms. The molecule has 1 unspecified atom stereocenters. The summed E-state index contributed by atoms with van der Waals surface area (Å²) in [4.78, 5) is 14.0. The van der Waals surface area contributed by atoms with Crippen molar-refractivity contribution in [1.82, 2.24) is 10.2 Å². The molecule has 1 atom stereocenters. The third-order valence-electron chi connectivity index (χ3n) is 5.13. The lowest BCUT2D eigenvalue weighted by Crippen LogP contribution is -2.45. The Balaban J connectivity index is 1.57. The van der Waals surface area contributed by atoms with Gasteiger partial charge in [-0.15, -0.1) is 0 Å². The van der Waals surface area contributed by atoms with Crippen LogP contribution in [0.25, 0.3) is 0 Å². The van der Waals surface area contributed by atoms with Crippen LogP contribution in [0.2, 0.25) is 0 Å². The number of carbonyl (C=O) groups is 1. The lowest BCUT2D eigenvalue weighted by molar-refractivity contribution is 0.125. The topological polar surface area (TPSA) is 84.4 Å². The molecule has 6 heteroatoms. The van der Waals surface area contributed by atoms with Crippen molar-refractivity contribution in [2.45, 2.75) is 38.4 Å². The highest BCUT2D eigenvalue weighted by molar-refractivity contribution is 5.74. The van der Waals surface area contributed by atoms with E-state index in [9.17, 15) is 9.18 Å². The van der Waals surface area contributed by atoms with Crippen molar-refractivity contribution in [2.75, 3.05) is 13.1 Å². The van der Waals surface area contributed by atoms with Crippen molar-refractivity contribution in [1.29, 1.82) is 0 Å². The predicted octanol–water partition coefficient (Wildman–Crippen LogP) is 1.31. The molecular weight excluding hydrogens is 283 g/mol. The van der Waals surface area contributed by atoms with Gasteiger partial charge in [-0.2, -0.15) is 0 Å². The van der Waals surface area contributed by atoms with E-state index in [0.29, 0.717) is 25.2 Å². The van der Waals surface area contributed by atoms with E-state index in [1.807, 2.05) is 0 Å². The quantitative estimate of drug-likeness (QED) is 0.787. The second kappa shape index (κ2) is 5.85. The number of likely N-dealkylation sites (tertiary alicyclic amines) is 1. The number of carbonyl (C=O) groups excluding carboxylic acids is 1. The zero-order valence-corrected chi connectivity index (χ0v) is 12.6. The molecule has 1 aromatic rings. The minimum Gasteiger partial charge on any atom is -0.334 e. The third-order valence-corrected chi connectivity index (χ3v) is 5.13. The van der Waals surface area contributed by atoms with Gasteiger partial charge in [-0.05, 0) is 24.5 Å². The summed E-state index contributed by atoms with van der Waals surface area (Å²) in [6.45, 7) is 1.78. The molecule has 0 aromatic heterocycles. The average molecular weight is 306 g/mol. The van der Waals surface area contributed by atoms with Gasteiger partial charge in [0.1, 0.15) is 5.82 Å². The first-order valence-corrected chi connectivity index (χ1v) is 7.80. The molecule has 5 N–H and O–H groups in total. The normalized spacial score (nSPS) is 22.7. The molecule has 0 radical (unpaired) electrons. The van der Waals surface area contributed by atoms with Crippen molar-refractivity contribution < 1.29 is 9.18 Å². The molecule has 5 nitrogen and oxygen atoms in total. The van der Waals surface area contributed by atoms with Gasteiger partial charge in [-0.3, -0.25) is 0 Å². The summed E-state index contributed by atoms with van der Waals surface area (Å²) in [6, 6.07) is 4.76. The van der Waals surface area contributed by atoms with Crippen LogP contribution in [0, 0.1) is 11.2 Å². The second-order valence-electron chi connectivity index (χ2n) is 6.49. The maximum absolute atomic E-state index is 13.9. The summed E-state index contributed by atoms with van der Waals surface area (Å²) < 4.78 is 13.9. The molecule has 1 heterocycles. The van der Waals surface area contributed by atoms with Crippen molar-refractivity contribution in [2.24, 2.45) is 16.9 Å². The fourth-order valence-electron chi connectivity index (χ4n) is 3.45. The number of amides is 2. The summed E-state index contributed by atoms with van der Waals surface area (Å²) >= 11 is 0. The summed E-state index contributed by atoms with van der Waals surface area (Å²) in [5.41, 5.74) is 13.0. The smallest absolute Gasteiger partial charge is 0.317 e. The standard InChI is InChI=1S/C16H23FN4O/c17-13-6-11(7-18)2-3-12(13)8-20-15(22)21-9-14(19)16(10-21)4-1-5-16/h2-3,6,14H,1,4-5,7-10,18-19H2,(H,20,22). The van der Waals surface area contributed by atoms with Gasteiger partial charge in [0.25, 0.3) is 0 Å². The molecule has 1 saturated carbocycles. The zero-order valence-electron chi connectivity index (χ0n) is 12.6. The Morgan fingerprint density at radius 2 is 2.23 bits per heavy atom. The van der Waals surface area contributed by atoms with Gasteiger partial charge >= 0.3 is 6.03 Å². The van der Waals surface area contributed by atoms with Gasteiger partial charge in [-0.1, -0.05) is 18.6 Å². The molecule has 120 valence electrons. The first-order valence-electron chi connectivity index (χ1n) is 7.80. The molecule has 2 fully saturated rings. The molecule has 3 rings (SSSR count). The van der Waals surface area contributed by atoms with E-state index in [0.717, 1.165) is 18.4 Å². The van der Waals surface area contributed by atoms with Gasteiger partial charge in [0.15, 0.2) is 0 Å². The Kier molecular flexibility index (Phi) is 4.06. The van der Waals surface area contributed by atoms with E-state index in [1.165, 1.54) is 12.5 Å². The van der Waals surface area contributed by atoms with E-state index in [2.05, 4.69) is 5.32 Å². The Morgan fingerprint density at radius 3 is 2.77 bits per heavy atom. The molecule has 1 aromatic carbocycles. The predicted molar refractivity (Wildman–Crippen MR) is 82.4 cm³/mol. The van der Waals surface area contributed by atoms with Crippen LogP contribution >= 0.6 is 0 Å². The first-order chi connectivity index (χ1) is 10.5. The van der Waals surface area contributed by atoms with Crippen LogP contribution in [-0.2, 0) is 13.1 Å². The van der Waals surface area contributed by atoms with Crippen molar-refractivity contribution in [3.63, 3.8) is 0 Å². The number of benzene rings is 1. The van der Waals surface area contributed by atoms with Crippen molar-refractivity contribution in [3.8, 4) is 0 Å². The van der Waals surface area contributed by atoms with Gasteiger partial charge in [0, 0.05) is 43.2 Å². The molecular formula is C16H23FN4O. The second-order valence-corrected chi connectivity index (χ2v) is 6.49. The van der Waals surface area contributed by atoms with Crippen LogP contribution in [0.4, 0.5) is 9.18 Å². The molecule has 2 aliphatic rings. The van der Waals surface area contributed by atoms with Crippen LogP contribution in [0.3, 0.4) is 0 Å². The maximum Gasteiger partial charge on any atom is 0.317 e. The van der Waals surface area contributed by atoms with E-state index >= 15 is 0 Å². The number of urea groups is 1. The molecule has 0 bridgehead atoms. The van der Waals surface area contributed by atoms with Crippen LogP contribution in [0.5, 0.6) is 0 Å². The Morgan fingerprint density at radius 1 is 1.45 bits per heavy atom. The van der Waals surface area contributed by atoms with E-state index in [-0.39, 0.29) is 29.8 Å². The van der Waals surface area contributed by atoms with Crippen molar-refractivity contribution >= 4 is 6.03 Å². The SMILES string of the molecule is NCc1ccc(CNC(=O)N2CC(N)C3(CCC3)C2)c(F)c1. The number of nitrogens with one attached hydrogen (secondary N) is 1. The van der Waals surface area contributed by atoms with Crippen LogP contribution in [0.15, 0.2) is 18.2 Å². The highest BCUT2D eigenvalue weighted by atomic mass is 19.1. The Labute approximate surface area is 129 Å². The molecule has 1 aliphatic heterocycles. The average Bonchev–Trinajstić information content (AvgIpc) is 2.83. The minimum atomic E-state index is -0.336. The van der Waals surface area contributed by atoms with Crippen LogP contribution in [-0.4, -0.2) is 30.1 Å². The molecule has 2 amide bonds. The fourth-order valence-corrected chi connectivity index (χ4v) is 3.45. The zero-order chi connectivity index (χ0) is 15.7. The number of hydrogen-bond donors (Lipinski definition) is 3. The summed E-state index contributed by atoms with van der Waals surface area (Å²) in [6.07, 6.45) is 3.40. The first kappa shape index (κ1) is 15.2. The molecule has 22 heavy (non-hydrogen) atoms. The van der Waals surface area contributed by atoms with Gasteiger partial charge in [0.2, 0.25) is 0 Å². The lowest BCUT2D eigenvalue weighted by Gasteiger charge is -2.41. The number of nitrogens with zero attached hydrogens (tertiary/aromatic N) is 1. The minimum absolute atomic E-state index is 0.0626. The number of rotatable bonds is 3. The molecule has 1 aliphatic carbocycles. The number of halogens is 1. The van der Waals surface area contributed by atoms with E-state index in [1.54, 1.807) is 17.0 Å². The van der Waals surface area contributed by atoms with Crippen LogP contribution < -0.4 is 16.8 Å². The summed E-state index contributed by atoms with van der Waals surface area (Å²) in [5, 5.41) is 2.79. The fraction of sp³-hybridized carbons (Fsp3) is 0.562. The van der Waals surface area contributed by atoms with E-state index in [4.69, 9.17) is 11.5 Å². The van der Waals surface area contributed by atoms with Gasteiger partial charge in [-0.25, -0.2) is 9.18 Å². The summed E-state index contributed by atoms with van der Waals surface area (Å²) in [7, 11) is 0. The van der Waals surface area contributed by atoms with E-state index < -0.39 is 0 Å². The Hall–Kier alpha value is -1.66. The third kappa shape index (κ3) is 2.68. The van der Waals surface area contributed by atoms with Crippen LogP contribution in [0.1, 0.15) is 30.4 Å². The maximum atomic E-state index is 13.9. The number of nitrogens with two attached hydrogens (primary N) is 2. The van der Waals surface area contributed by atoms with Gasteiger partial charge < -0.3 is 21.7 Å². The highest BCUT2D eigenvalue weighted by Gasteiger charge is 2.49. The number of hydrogen-bond acceptors (Lipinski definition) is 3.